The summed E-state index contributed by atoms with van der Waals surface area (Å²) < 4.78 is 40.8. The van der Waals surface area contributed by atoms with Crippen LogP contribution in [-0.2, 0) is 6.18 Å². The zero-order chi connectivity index (χ0) is 21.5. The second-order valence-corrected chi connectivity index (χ2v) is 7.41. The highest BCUT2D eigenvalue weighted by Crippen LogP contribution is 2.32. The van der Waals surface area contributed by atoms with Gasteiger partial charge in [0.1, 0.15) is 4.60 Å². The molecule has 2 aromatic carbocycles. The number of carbonyl (C=O) groups is 1. The zero-order valence-corrected chi connectivity index (χ0v) is 17.1. The van der Waals surface area contributed by atoms with Crippen molar-refractivity contribution < 1.29 is 18.0 Å². The molecule has 0 atom stereocenters. The average molecular weight is 475 g/mol. The highest BCUT2D eigenvalue weighted by Gasteiger charge is 2.30. The quantitative estimate of drug-likeness (QED) is 0.411. The van der Waals surface area contributed by atoms with Crippen molar-refractivity contribution in [1.29, 1.82) is 0 Å². The Morgan fingerprint density at radius 2 is 1.77 bits per heavy atom. The molecule has 4 aromatic rings. The Balaban J connectivity index is 1.63. The van der Waals surface area contributed by atoms with Crippen molar-refractivity contribution in [3.63, 3.8) is 0 Å². The van der Waals surface area contributed by atoms with E-state index in [1.54, 1.807) is 41.9 Å². The van der Waals surface area contributed by atoms with Crippen molar-refractivity contribution in [3.8, 4) is 11.1 Å². The van der Waals surface area contributed by atoms with Crippen LogP contribution in [0.25, 0.3) is 16.9 Å². The molecule has 9 heteroatoms. The Labute approximate surface area is 177 Å². The number of hydrogen-bond donors (Lipinski definition) is 1. The van der Waals surface area contributed by atoms with Gasteiger partial charge in [-0.15, -0.1) is 0 Å². The highest BCUT2D eigenvalue weighted by atomic mass is 79.9. The van der Waals surface area contributed by atoms with Gasteiger partial charge < -0.3 is 5.32 Å². The normalized spacial score (nSPS) is 11.6. The van der Waals surface area contributed by atoms with Gasteiger partial charge in [-0.1, -0.05) is 24.3 Å². The van der Waals surface area contributed by atoms with Gasteiger partial charge in [-0.2, -0.15) is 13.2 Å². The van der Waals surface area contributed by atoms with Crippen molar-refractivity contribution in [1.82, 2.24) is 14.4 Å². The van der Waals surface area contributed by atoms with E-state index in [9.17, 15) is 18.0 Å². The van der Waals surface area contributed by atoms with Gasteiger partial charge in [0.25, 0.3) is 5.91 Å². The first-order valence-corrected chi connectivity index (χ1v) is 9.60. The number of hydrogen-bond acceptors (Lipinski definition) is 3. The van der Waals surface area contributed by atoms with Crippen molar-refractivity contribution >= 4 is 33.3 Å². The summed E-state index contributed by atoms with van der Waals surface area (Å²) in [6.07, 6.45) is 0.397. The molecule has 5 nitrogen and oxygen atoms in total. The third-order valence-corrected chi connectivity index (χ3v) is 5.27. The lowest BCUT2D eigenvalue weighted by molar-refractivity contribution is -0.137. The number of aromatic nitrogens is 3. The summed E-state index contributed by atoms with van der Waals surface area (Å²) in [5.74, 6) is 0.138. The molecule has 1 amide bonds. The number of anilines is 1. The minimum atomic E-state index is -4.39. The number of fused-ring (bicyclic) bond motifs is 1. The maximum absolute atomic E-state index is 12.8. The molecule has 30 heavy (non-hydrogen) atoms. The van der Waals surface area contributed by atoms with Gasteiger partial charge >= 0.3 is 6.18 Å². The van der Waals surface area contributed by atoms with Crippen LogP contribution >= 0.6 is 15.9 Å². The first kappa shape index (κ1) is 20.1. The molecule has 0 bridgehead atoms. The topological polar surface area (TPSA) is 59.3 Å². The summed E-state index contributed by atoms with van der Waals surface area (Å²) in [7, 11) is 0. The Hall–Kier alpha value is -3.20. The number of benzene rings is 2. The smallest absolute Gasteiger partial charge is 0.319 e. The van der Waals surface area contributed by atoms with E-state index < -0.39 is 11.7 Å². The molecule has 2 heterocycles. The molecule has 0 unspecified atom stereocenters. The lowest BCUT2D eigenvalue weighted by Crippen LogP contribution is -2.14. The zero-order valence-electron chi connectivity index (χ0n) is 15.5. The average Bonchev–Trinajstić information content (AvgIpc) is 3.08. The largest absolute Gasteiger partial charge is 0.416 e. The van der Waals surface area contributed by atoms with E-state index in [4.69, 9.17) is 0 Å². The van der Waals surface area contributed by atoms with E-state index in [0.29, 0.717) is 38.3 Å². The van der Waals surface area contributed by atoms with Crippen LogP contribution in [-0.4, -0.2) is 20.3 Å². The van der Waals surface area contributed by atoms with Crippen LogP contribution in [0.2, 0.25) is 0 Å². The predicted molar refractivity (Wildman–Crippen MR) is 110 cm³/mol. The van der Waals surface area contributed by atoms with Crippen molar-refractivity contribution in [2.24, 2.45) is 0 Å². The third-order valence-electron chi connectivity index (χ3n) is 4.68. The fourth-order valence-corrected chi connectivity index (χ4v) is 3.51. The van der Waals surface area contributed by atoms with Crippen molar-refractivity contribution in [2.75, 3.05) is 5.32 Å². The number of alkyl halides is 3. The molecule has 0 aliphatic heterocycles. The number of nitrogens with one attached hydrogen (secondary N) is 1. The number of halogens is 4. The molecule has 0 spiro atoms. The lowest BCUT2D eigenvalue weighted by atomic mass is 9.95. The first-order valence-electron chi connectivity index (χ1n) is 8.81. The summed E-state index contributed by atoms with van der Waals surface area (Å²) in [4.78, 5) is 21.1. The number of rotatable bonds is 3. The fraction of sp³-hybridized carbons (Fsp3) is 0.0952. The van der Waals surface area contributed by atoms with Crippen LogP contribution in [0.3, 0.4) is 0 Å². The van der Waals surface area contributed by atoms with Gasteiger partial charge in [0.2, 0.25) is 5.78 Å². The number of amides is 1. The fourth-order valence-electron chi connectivity index (χ4n) is 3.14. The van der Waals surface area contributed by atoms with Gasteiger partial charge in [-0.05, 0) is 57.7 Å². The van der Waals surface area contributed by atoms with E-state index in [1.165, 1.54) is 18.3 Å². The van der Waals surface area contributed by atoms with Crippen LogP contribution in [0.4, 0.5) is 18.9 Å². The summed E-state index contributed by atoms with van der Waals surface area (Å²) in [6.45, 7) is 1.76. The molecule has 4 rings (SSSR count). The first-order chi connectivity index (χ1) is 14.2. The van der Waals surface area contributed by atoms with E-state index in [1.807, 2.05) is 0 Å². The molecule has 152 valence electrons. The van der Waals surface area contributed by atoms with Crippen LogP contribution in [0.5, 0.6) is 0 Å². The third kappa shape index (κ3) is 3.80. The van der Waals surface area contributed by atoms with Crippen molar-refractivity contribution in [3.05, 3.63) is 82.3 Å². The molecule has 0 saturated heterocycles. The van der Waals surface area contributed by atoms with Gasteiger partial charge in [0, 0.05) is 11.8 Å². The van der Waals surface area contributed by atoms with Gasteiger partial charge in [0.15, 0.2) is 0 Å². The Bertz CT molecular complexity index is 1250. The monoisotopic (exact) mass is 474 g/mol. The van der Waals surface area contributed by atoms with Gasteiger partial charge in [0.05, 0.1) is 23.6 Å². The van der Waals surface area contributed by atoms with Crippen LogP contribution < -0.4 is 5.32 Å². The maximum atomic E-state index is 12.8. The summed E-state index contributed by atoms with van der Waals surface area (Å²) in [5.41, 5.74) is 2.12. The number of imidazole rings is 1. The summed E-state index contributed by atoms with van der Waals surface area (Å²) in [6, 6.07) is 10.0. The van der Waals surface area contributed by atoms with E-state index in [2.05, 4.69) is 31.2 Å². The number of carbonyl (C=O) groups excluding carboxylic acids is 1. The molecule has 2 aromatic heterocycles. The summed E-state index contributed by atoms with van der Waals surface area (Å²) >= 11 is 3.35. The molecule has 0 fully saturated rings. The molecular weight excluding hydrogens is 461 g/mol. The van der Waals surface area contributed by atoms with Crippen molar-refractivity contribution in [2.45, 2.75) is 13.1 Å². The molecule has 0 aliphatic rings. The molecule has 0 aliphatic carbocycles. The van der Waals surface area contributed by atoms with Gasteiger partial charge in [-0.25, -0.2) is 9.97 Å². The predicted octanol–water partition coefficient (Wildman–Crippen LogP) is 5.74. The second-order valence-electron chi connectivity index (χ2n) is 6.60. The van der Waals surface area contributed by atoms with E-state index >= 15 is 0 Å². The van der Waals surface area contributed by atoms with E-state index in [0.717, 1.165) is 12.1 Å². The van der Waals surface area contributed by atoms with E-state index in [-0.39, 0.29) is 5.91 Å². The standard InChI is InChI=1S/C21H14BrF3N4O/c1-12-16(13-5-7-14(8-6-13)21(23,24)25)3-2-4-17(12)19(30)28-15-9-26-20-27-10-18(22)29(20)11-15/h2-11H,1H3,(H,28,30). The van der Waals surface area contributed by atoms with Gasteiger partial charge in [-0.3, -0.25) is 9.20 Å². The number of nitrogens with zero attached hydrogens (tertiary/aromatic N) is 3. The SMILES string of the molecule is Cc1c(C(=O)Nc2cnc3ncc(Br)n3c2)cccc1-c1ccc(C(F)(F)F)cc1. The molecule has 1 N–H and O–H groups in total. The van der Waals surface area contributed by atoms with Crippen LogP contribution in [0.1, 0.15) is 21.5 Å². The minimum absolute atomic E-state index is 0.348. The second kappa shape index (κ2) is 7.56. The highest BCUT2D eigenvalue weighted by molar-refractivity contribution is 9.10. The van der Waals surface area contributed by atoms with Crippen LogP contribution in [0.15, 0.2) is 65.7 Å². The summed E-state index contributed by atoms with van der Waals surface area (Å²) in [5, 5.41) is 2.80. The molecular formula is C21H14BrF3N4O. The maximum Gasteiger partial charge on any atom is 0.416 e. The Morgan fingerprint density at radius 3 is 2.47 bits per heavy atom. The Morgan fingerprint density at radius 1 is 1.07 bits per heavy atom. The molecule has 0 saturated carbocycles. The Kier molecular flexibility index (Phi) is 5.07. The van der Waals surface area contributed by atoms with Crippen LogP contribution in [0, 0.1) is 6.92 Å². The minimum Gasteiger partial charge on any atom is -0.319 e. The lowest BCUT2D eigenvalue weighted by Gasteiger charge is -2.13. The molecule has 0 radical (unpaired) electrons.